The summed E-state index contributed by atoms with van der Waals surface area (Å²) in [4.78, 5) is 0. The van der Waals surface area contributed by atoms with Gasteiger partial charge in [0.1, 0.15) is 16.8 Å². The number of aryl methyl sites for hydroxylation is 1. The third-order valence-electron chi connectivity index (χ3n) is 4.37. The molecule has 0 fully saturated rings. The maximum Gasteiger partial charge on any atom is 0.205 e. The molecule has 6 heteroatoms. The molecule has 0 saturated carbocycles. The standard InChI is InChI=1S/C19H19NO4.ClH/c1-11-14-10-19(24-4)18(23-3)9-13(14)7-15(20(11)2)12-5-6-16(21)17(22)8-12;/h5-10H,1-4H3,(H-,21,22);1H. The van der Waals surface area contributed by atoms with Gasteiger partial charge in [0, 0.05) is 31.7 Å². The fourth-order valence-electron chi connectivity index (χ4n) is 2.89. The van der Waals surface area contributed by atoms with Crippen LogP contribution in [0, 0.1) is 6.92 Å². The van der Waals surface area contributed by atoms with E-state index < -0.39 is 0 Å². The Kier molecular flexibility index (Phi) is 5.28. The molecule has 0 radical (unpaired) electrons. The Labute approximate surface area is 152 Å². The van der Waals surface area contributed by atoms with Crippen molar-refractivity contribution in [1.29, 1.82) is 0 Å². The molecule has 1 heterocycles. The highest BCUT2D eigenvalue weighted by Gasteiger charge is 2.19. The lowest BCUT2D eigenvalue weighted by Gasteiger charge is -2.12. The normalized spacial score (nSPS) is 10.4. The minimum absolute atomic E-state index is 0. The van der Waals surface area contributed by atoms with E-state index >= 15 is 0 Å². The van der Waals surface area contributed by atoms with Gasteiger partial charge in [0.2, 0.25) is 5.75 Å². The van der Waals surface area contributed by atoms with Crippen LogP contribution in [0.25, 0.3) is 22.0 Å². The summed E-state index contributed by atoms with van der Waals surface area (Å²) < 4.78 is 12.8. The van der Waals surface area contributed by atoms with E-state index in [0.29, 0.717) is 11.5 Å². The molecule has 0 bridgehead atoms. The summed E-state index contributed by atoms with van der Waals surface area (Å²) in [7, 11) is 5.19. The number of aromatic hydroxyl groups is 2. The predicted molar refractivity (Wildman–Crippen MR) is 93.9 cm³/mol. The highest BCUT2D eigenvalue weighted by atomic mass is 35.5. The number of hydrogen-bond acceptors (Lipinski definition) is 4. The van der Waals surface area contributed by atoms with Crippen LogP contribution in [0.4, 0.5) is 0 Å². The number of halogens is 1. The molecular weight excluding hydrogens is 342 g/mol. The van der Waals surface area contributed by atoms with E-state index in [1.807, 2.05) is 36.7 Å². The van der Waals surface area contributed by atoms with Gasteiger partial charge < -0.3 is 32.1 Å². The maximum atomic E-state index is 9.79. The lowest BCUT2D eigenvalue weighted by molar-refractivity contribution is -0.00000722. The third kappa shape index (κ3) is 3.15. The van der Waals surface area contributed by atoms with Crippen LogP contribution in [-0.2, 0) is 7.05 Å². The van der Waals surface area contributed by atoms with Crippen LogP contribution in [0.5, 0.6) is 23.0 Å². The van der Waals surface area contributed by atoms with E-state index in [2.05, 4.69) is 0 Å². The summed E-state index contributed by atoms with van der Waals surface area (Å²) in [5.41, 5.74) is 2.78. The predicted octanol–water partition coefficient (Wildman–Crippen LogP) is 0.867. The number of phenols is 2. The first-order chi connectivity index (χ1) is 11.5. The van der Waals surface area contributed by atoms with Crippen LogP contribution < -0.4 is 21.9 Å². The van der Waals surface area contributed by atoms with Gasteiger partial charge in [-0.25, -0.2) is 0 Å². The highest BCUT2D eigenvalue weighted by Crippen LogP contribution is 2.37. The van der Waals surface area contributed by atoms with E-state index in [1.165, 1.54) is 6.07 Å². The van der Waals surface area contributed by atoms with E-state index in [-0.39, 0.29) is 23.9 Å². The van der Waals surface area contributed by atoms with Crippen LogP contribution in [-0.4, -0.2) is 29.0 Å². The lowest BCUT2D eigenvalue weighted by Crippen LogP contribution is -3.00. The summed E-state index contributed by atoms with van der Waals surface area (Å²) in [6.07, 6.45) is 0. The first kappa shape index (κ1) is 18.7. The zero-order chi connectivity index (χ0) is 17.4. The zero-order valence-electron chi connectivity index (χ0n) is 14.5. The Bertz CT molecular complexity index is 941. The van der Waals surface area contributed by atoms with Crippen molar-refractivity contribution in [2.24, 2.45) is 7.05 Å². The molecule has 3 aromatic rings. The molecule has 0 spiro atoms. The SMILES string of the molecule is COc1cc2cc(-c3ccc(O)c(O)c3)n(C)[c+](C)c2cc1OC.[Cl-]. The highest BCUT2D eigenvalue weighted by molar-refractivity contribution is 5.91. The van der Waals surface area contributed by atoms with Gasteiger partial charge in [-0.05, 0) is 12.1 Å². The number of hydrogen-bond donors (Lipinski definition) is 2. The van der Waals surface area contributed by atoms with E-state index in [1.54, 1.807) is 26.4 Å². The number of phenolic OH excluding ortho intramolecular Hbond substituents is 2. The van der Waals surface area contributed by atoms with Crippen molar-refractivity contribution >= 4 is 10.8 Å². The Morgan fingerprint density at radius 1 is 0.920 bits per heavy atom. The van der Waals surface area contributed by atoms with E-state index in [0.717, 1.165) is 27.7 Å². The molecule has 0 aliphatic carbocycles. The molecule has 1 aromatic heterocycles. The Balaban J connectivity index is 0.00000225. The number of ether oxygens (including phenoxy) is 2. The number of rotatable bonds is 3. The van der Waals surface area contributed by atoms with Crippen molar-refractivity contribution in [3.63, 3.8) is 0 Å². The van der Waals surface area contributed by atoms with Crippen molar-refractivity contribution < 1.29 is 32.1 Å². The van der Waals surface area contributed by atoms with Gasteiger partial charge in [0.25, 0.3) is 0 Å². The minimum Gasteiger partial charge on any atom is -1.00 e. The van der Waals surface area contributed by atoms with E-state index in [4.69, 9.17) is 9.47 Å². The second kappa shape index (κ2) is 7.07. The lowest BCUT2D eigenvalue weighted by atomic mass is 10.0. The Hall–Kier alpha value is -2.66. The fourth-order valence-corrected chi connectivity index (χ4v) is 2.89. The first-order valence-electron chi connectivity index (χ1n) is 7.54. The maximum absolute atomic E-state index is 9.79. The van der Waals surface area contributed by atoms with Crippen molar-refractivity contribution in [1.82, 2.24) is 4.57 Å². The van der Waals surface area contributed by atoms with Gasteiger partial charge in [-0.1, -0.05) is 0 Å². The molecule has 3 rings (SSSR count). The van der Waals surface area contributed by atoms with Crippen LogP contribution in [0.3, 0.4) is 0 Å². The average molecular weight is 362 g/mol. The molecule has 0 amide bonds. The number of aromatic nitrogens is 1. The molecular formula is C19H20ClNO4. The van der Waals surface area contributed by atoms with Crippen LogP contribution in [0.2, 0.25) is 0 Å². The summed E-state index contributed by atoms with van der Waals surface area (Å²) in [6, 6.07) is 10.7. The van der Waals surface area contributed by atoms with Crippen LogP contribution in [0.1, 0.15) is 5.69 Å². The second-order valence-electron chi connectivity index (χ2n) is 5.67. The molecule has 132 valence electrons. The minimum atomic E-state index is -0.141. The molecule has 0 saturated heterocycles. The van der Waals surface area contributed by atoms with Gasteiger partial charge in [-0.2, -0.15) is 0 Å². The number of benzene rings is 2. The summed E-state index contributed by atoms with van der Waals surface area (Å²) >= 11 is 0. The molecule has 2 aromatic carbocycles. The summed E-state index contributed by atoms with van der Waals surface area (Å²) in [5, 5.41) is 21.4. The number of methoxy groups -OCH3 is 2. The molecule has 0 aliphatic rings. The summed E-state index contributed by atoms with van der Waals surface area (Å²) in [6.45, 7) is 2.03. The van der Waals surface area contributed by atoms with Gasteiger partial charge in [-0.3, -0.25) is 4.57 Å². The Morgan fingerprint density at radius 3 is 2.16 bits per heavy atom. The van der Waals surface area contributed by atoms with Gasteiger partial charge >= 0.3 is 0 Å². The quantitative estimate of drug-likeness (QED) is 0.536. The van der Waals surface area contributed by atoms with Crippen molar-refractivity contribution in [2.75, 3.05) is 14.2 Å². The monoisotopic (exact) mass is 361 g/mol. The number of pyridine rings is 1. The molecule has 0 unspecified atom stereocenters. The van der Waals surface area contributed by atoms with Crippen molar-refractivity contribution in [3.05, 3.63) is 42.1 Å². The summed E-state index contributed by atoms with van der Waals surface area (Å²) in [5.74, 6) is 1.07. The molecule has 0 aliphatic heterocycles. The molecule has 5 nitrogen and oxygen atoms in total. The molecule has 2 N–H and O–H groups in total. The van der Waals surface area contributed by atoms with Crippen molar-refractivity contribution in [2.45, 2.75) is 6.92 Å². The third-order valence-corrected chi connectivity index (χ3v) is 4.37. The largest absolute Gasteiger partial charge is 1.00 e. The average Bonchev–Trinajstić information content (AvgIpc) is 2.59. The van der Waals surface area contributed by atoms with Crippen LogP contribution in [0.15, 0.2) is 36.4 Å². The van der Waals surface area contributed by atoms with Crippen LogP contribution >= 0.6 is 0 Å². The van der Waals surface area contributed by atoms with E-state index in [9.17, 15) is 10.2 Å². The van der Waals surface area contributed by atoms with Gasteiger partial charge in [0.05, 0.1) is 31.7 Å². The smallest absolute Gasteiger partial charge is 0.205 e. The first-order valence-corrected chi connectivity index (χ1v) is 7.54. The fraction of sp³-hybridized carbons (Fsp3) is 0.211. The zero-order valence-corrected chi connectivity index (χ0v) is 15.3. The molecule has 25 heavy (non-hydrogen) atoms. The number of fused-ring (bicyclic) bond motifs is 1. The second-order valence-corrected chi connectivity index (χ2v) is 5.67. The van der Waals surface area contributed by atoms with Gasteiger partial charge in [-0.15, -0.1) is 0 Å². The number of nitrogens with zero attached hydrogens (tertiary/aromatic N) is 1. The van der Waals surface area contributed by atoms with Gasteiger partial charge in [0.15, 0.2) is 17.2 Å². The Morgan fingerprint density at radius 2 is 1.56 bits per heavy atom. The molecule has 0 atom stereocenters. The topological polar surface area (TPSA) is 63.8 Å². The van der Waals surface area contributed by atoms with Crippen molar-refractivity contribution in [3.8, 4) is 34.3 Å².